The van der Waals surface area contributed by atoms with Crippen LogP contribution >= 0.6 is 0 Å². The molecule has 1 aromatic carbocycles. The molecular formula is C25H24N4O2. The second-order valence-corrected chi connectivity index (χ2v) is 7.41. The summed E-state index contributed by atoms with van der Waals surface area (Å²) in [5.41, 5.74) is 7.13. The lowest BCUT2D eigenvalue weighted by molar-refractivity contribution is 0.112. The Morgan fingerprint density at radius 1 is 1.29 bits per heavy atom. The maximum absolute atomic E-state index is 11.1. The van der Waals surface area contributed by atoms with Crippen molar-refractivity contribution in [2.24, 2.45) is 7.05 Å². The molecule has 156 valence electrons. The Morgan fingerprint density at radius 2 is 2.13 bits per heavy atom. The standard InChI is InChI=1S/C25H24N4O2/c1-4-19(31)8-9-20-16(2)29(3)14-22(20)24-13-21-23(10-11-26-25(21)28-24)27-18-7-5-6-17(12-18)15-30/h4-15,19,31H,1H2,2-3H3,(H2,26,27,28). The number of hydrogen-bond donors (Lipinski definition) is 3. The summed E-state index contributed by atoms with van der Waals surface area (Å²) in [4.78, 5) is 19.0. The van der Waals surface area contributed by atoms with Crippen molar-refractivity contribution in [3.8, 4) is 11.3 Å². The zero-order chi connectivity index (χ0) is 22.0. The first-order chi connectivity index (χ1) is 15.0. The fraction of sp³-hybridized carbons (Fsp3) is 0.120. The third-order valence-electron chi connectivity index (χ3n) is 5.36. The fourth-order valence-electron chi connectivity index (χ4n) is 3.57. The number of aromatic nitrogens is 3. The summed E-state index contributed by atoms with van der Waals surface area (Å²) in [6, 6.07) is 11.3. The van der Waals surface area contributed by atoms with E-state index in [1.807, 2.05) is 38.2 Å². The van der Waals surface area contributed by atoms with Crippen molar-refractivity contribution >= 4 is 34.8 Å². The number of nitrogens with one attached hydrogen (secondary N) is 2. The van der Waals surface area contributed by atoms with Crippen LogP contribution in [-0.4, -0.2) is 32.0 Å². The van der Waals surface area contributed by atoms with Gasteiger partial charge in [-0.2, -0.15) is 0 Å². The van der Waals surface area contributed by atoms with E-state index in [1.54, 1.807) is 24.4 Å². The van der Waals surface area contributed by atoms with Gasteiger partial charge in [0.05, 0.1) is 11.8 Å². The Bertz CT molecular complexity index is 1300. The molecule has 4 rings (SSSR count). The van der Waals surface area contributed by atoms with Gasteiger partial charge in [-0.25, -0.2) is 4.98 Å². The topological polar surface area (TPSA) is 82.9 Å². The molecule has 1 unspecified atom stereocenters. The van der Waals surface area contributed by atoms with Crippen LogP contribution in [0.15, 0.2) is 67.5 Å². The number of nitrogens with zero attached hydrogens (tertiary/aromatic N) is 2. The van der Waals surface area contributed by atoms with Crippen molar-refractivity contribution in [2.75, 3.05) is 5.32 Å². The lowest BCUT2D eigenvalue weighted by atomic mass is 10.1. The van der Waals surface area contributed by atoms with Crippen molar-refractivity contribution < 1.29 is 9.90 Å². The number of aromatic amines is 1. The highest BCUT2D eigenvalue weighted by Crippen LogP contribution is 2.33. The highest BCUT2D eigenvalue weighted by Gasteiger charge is 2.15. The van der Waals surface area contributed by atoms with Crippen LogP contribution < -0.4 is 5.32 Å². The lowest BCUT2D eigenvalue weighted by Crippen LogP contribution is -1.95. The summed E-state index contributed by atoms with van der Waals surface area (Å²) < 4.78 is 2.05. The van der Waals surface area contributed by atoms with Gasteiger partial charge in [0.2, 0.25) is 0 Å². The molecule has 31 heavy (non-hydrogen) atoms. The summed E-state index contributed by atoms with van der Waals surface area (Å²) in [6.07, 6.45) is 9.05. The predicted octanol–water partition coefficient (Wildman–Crippen LogP) is 4.99. The van der Waals surface area contributed by atoms with Crippen LogP contribution in [0.3, 0.4) is 0 Å². The van der Waals surface area contributed by atoms with Crippen LogP contribution in [0.25, 0.3) is 28.4 Å². The largest absolute Gasteiger partial charge is 0.385 e. The number of anilines is 2. The monoisotopic (exact) mass is 412 g/mol. The van der Waals surface area contributed by atoms with E-state index in [9.17, 15) is 9.90 Å². The van der Waals surface area contributed by atoms with Crippen LogP contribution in [0, 0.1) is 6.92 Å². The second kappa shape index (κ2) is 8.45. The van der Waals surface area contributed by atoms with Gasteiger partial charge in [0.15, 0.2) is 0 Å². The number of aldehydes is 1. The highest BCUT2D eigenvalue weighted by atomic mass is 16.3. The van der Waals surface area contributed by atoms with E-state index >= 15 is 0 Å². The molecular weight excluding hydrogens is 388 g/mol. The molecule has 0 fully saturated rings. The summed E-state index contributed by atoms with van der Waals surface area (Å²) in [5.74, 6) is 0. The molecule has 0 saturated heterocycles. The first-order valence-corrected chi connectivity index (χ1v) is 9.95. The number of hydrogen-bond acceptors (Lipinski definition) is 4. The number of fused-ring (bicyclic) bond motifs is 1. The molecule has 6 heteroatoms. The lowest BCUT2D eigenvalue weighted by Gasteiger charge is -2.07. The minimum Gasteiger partial charge on any atom is -0.385 e. The average Bonchev–Trinajstić information content (AvgIpc) is 3.34. The Balaban J connectivity index is 1.76. The number of carbonyl (C=O) groups is 1. The van der Waals surface area contributed by atoms with Crippen LogP contribution in [0.2, 0.25) is 0 Å². The molecule has 0 amide bonds. The van der Waals surface area contributed by atoms with Crippen LogP contribution in [0.4, 0.5) is 11.4 Å². The second-order valence-electron chi connectivity index (χ2n) is 7.41. The van der Waals surface area contributed by atoms with E-state index in [0.29, 0.717) is 5.56 Å². The van der Waals surface area contributed by atoms with Gasteiger partial charge in [-0.1, -0.05) is 30.4 Å². The minimum absolute atomic E-state index is 0.614. The maximum Gasteiger partial charge on any atom is 0.150 e. The number of carbonyl (C=O) groups excluding carboxylic acids is 1. The number of H-pyrrole nitrogens is 1. The Hall–Kier alpha value is -3.90. The number of aliphatic hydroxyl groups is 1. The van der Waals surface area contributed by atoms with Gasteiger partial charge in [0, 0.05) is 58.6 Å². The first-order valence-electron chi connectivity index (χ1n) is 9.95. The van der Waals surface area contributed by atoms with Gasteiger partial charge in [-0.3, -0.25) is 4.79 Å². The Labute approximate surface area is 180 Å². The molecule has 3 N–H and O–H groups in total. The van der Waals surface area contributed by atoms with Gasteiger partial charge in [0.25, 0.3) is 0 Å². The van der Waals surface area contributed by atoms with Crippen LogP contribution in [0.1, 0.15) is 21.6 Å². The highest BCUT2D eigenvalue weighted by molar-refractivity contribution is 5.96. The van der Waals surface area contributed by atoms with Gasteiger partial charge in [-0.05, 0) is 31.2 Å². The fourth-order valence-corrected chi connectivity index (χ4v) is 3.57. The van der Waals surface area contributed by atoms with Gasteiger partial charge >= 0.3 is 0 Å². The summed E-state index contributed by atoms with van der Waals surface area (Å²) in [7, 11) is 1.99. The molecule has 3 aromatic heterocycles. The van der Waals surface area contributed by atoms with E-state index in [4.69, 9.17) is 0 Å². The maximum atomic E-state index is 11.1. The van der Waals surface area contributed by atoms with Crippen molar-refractivity contribution in [2.45, 2.75) is 13.0 Å². The summed E-state index contributed by atoms with van der Waals surface area (Å²) in [6.45, 7) is 5.66. The van der Waals surface area contributed by atoms with Crippen LogP contribution in [0.5, 0.6) is 0 Å². The van der Waals surface area contributed by atoms with Gasteiger partial charge < -0.3 is 20.0 Å². The Morgan fingerprint density at radius 3 is 2.90 bits per heavy atom. The van der Waals surface area contributed by atoms with Crippen molar-refractivity contribution in [1.82, 2.24) is 14.5 Å². The molecule has 0 saturated carbocycles. The first kappa shape index (κ1) is 20.4. The molecule has 0 aliphatic carbocycles. The minimum atomic E-state index is -0.699. The zero-order valence-corrected chi connectivity index (χ0v) is 17.5. The number of rotatable bonds is 7. The van der Waals surface area contributed by atoms with E-state index < -0.39 is 6.10 Å². The third-order valence-corrected chi connectivity index (χ3v) is 5.36. The SMILES string of the molecule is C=CC(O)C=Cc1c(-c2cc3c(Nc4cccc(C=O)c4)ccnc3[nH]2)cn(C)c1C. The molecule has 4 aromatic rings. The van der Waals surface area contributed by atoms with E-state index in [0.717, 1.165) is 51.2 Å². The van der Waals surface area contributed by atoms with E-state index in [1.165, 1.54) is 6.08 Å². The number of benzene rings is 1. The predicted molar refractivity (Wildman–Crippen MR) is 126 cm³/mol. The molecule has 0 radical (unpaired) electrons. The quantitative estimate of drug-likeness (QED) is 0.295. The number of aliphatic hydroxyl groups excluding tert-OH is 1. The van der Waals surface area contributed by atoms with Crippen molar-refractivity contribution in [1.29, 1.82) is 0 Å². The Kier molecular flexibility index (Phi) is 5.56. The molecule has 0 spiro atoms. The molecule has 0 aliphatic heterocycles. The molecule has 0 aliphatic rings. The number of aryl methyl sites for hydroxylation is 1. The van der Waals surface area contributed by atoms with Crippen molar-refractivity contribution in [3.05, 3.63) is 84.3 Å². The summed E-state index contributed by atoms with van der Waals surface area (Å²) >= 11 is 0. The van der Waals surface area contributed by atoms with Gasteiger partial charge in [-0.15, -0.1) is 6.58 Å². The molecule has 3 heterocycles. The third kappa shape index (κ3) is 4.06. The van der Waals surface area contributed by atoms with Gasteiger partial charge in [0.1, 0.15) is 11.9 Å². The summed E-state index contributed by atoms with van der Waals surface area (Å²) in [5, 5.41) is 14.2. The van der Waals surface area contributed by atoms with E-state index in [2.05, 4.69) is 38.7 Å². The van der Waals surface area contributed by atoms with Crippen molar-refractivity contribution in [3.63, 3.8) is 0 Å². The average molecular weight is 412 g/mol. The van der Waals surface area contributed by atoms with Crippen LogP contribution in [-0.2, 0) is 7.05 Å². The normalized spacial score (nSPS) is 12.4. The number of pyridine rings is 1. The molecule has 1 atom stereocenters. The molecule has 6 nitrogen and oxygen atoms in total. The smallest absolute Gasteiger partial charge is 0.150 e. The molecule has 0 bridgehead atoms. The zero-order valence-electron chi connectivity index (χ0n) is 17.5. The van der Waals surface area contributed by atoms with E-state index in [-0.39, 0.29) is 0 Å².